The minimum absolute atomic E-state index is 0.0539. The Morgan fingerprint density at radius 2 is 1.88 bits per heavy atom. The smallest absolute Gasteiger partial charge is 0.243 e. The van der Waals surface area contributed by atoms with Crippen LogP contribution in [0.15, 0.2) is 12.2 Å². The number of amides is 3. The Morgan fingerprint density at radius 3 is 2.53 bits per heavy atom. The first kappa shape index (κ1) is 28.1. The topological polar surface area (TPSA) is 104 Å². The fourth-order valence-electron chi connectivity index (χ4n) is 5.15. The molecule has 192 valence electrons. The van der Waals surface area contributed by atoms with Gasteiger partial charge < -0.3 is 20.7 Å². The van der Waals surface area contributed by atoms with Crippen molar-refractivity contribution in [2.75, 3.05) is 6.54 Å². The normalized spacial score (nSPS) is 29.3. The first-order chi connectivity index (χ1) is 16.3. The number of hydrogen-bond donors (Lipinski definition) is 3. The number of unbranched alkanes of at least 4 members (excludes halogenated alkanes) is 3. The van der Waals surface area contributed by atoms with Crippen molar-refractivity contribution in [2.45, 2.75) is 110 Å². The summed E-state index contributed by atoms with van der Waals surface area (Å²) in [5.74, 6) is -0.381. The Hall–Kier alpha value is -2.18. The second kappa shape index (κ2) is 14.3. The van der Waals surface area contributed by atoms with Gasteiger partial charge in [-0.3, -0.25) is 14.4 Å². The van der Waals surface area contributed by atoms with E-state index in [9.17, 15) is 19.2 Å². The molecule has 0 aromatic heterocycles. The molecule has 0 aromatic carbocycles. The highest BCUT2D eigenvalue weighted by Crippen LogP contribution is 2.36. The van der Waals surface area contributed by atoms with Gasteiger partial charge in [-0.1, -0.05) is 58.6 Å². The standard InChI is InChI=1S/C27H45N3O4/c1-4-5-6-9-12-21-13-10-7-8-11-14-27(15-16-28-26(27)34)18-22(19-31)29-25(33)23(17-20(2)3)30-24(21)32/h8,11,19-23H,4-7,9-10,12-18H2,1-3H3,(H,28,34)(H,29,33)(H,30,32)/t21?,22-,23-,27?/m0/s1. The van der Waals surface area contributed by atoms with E-state index in [1.807, 2.05) is 19.9 Å². The molecule has 0 aromatic rings. The summed E-state index contributed by atoms with van der Waals surface area (Å²) in [6.45, 7) is 6.78. The van der Waals surface area contributed by atoms with Gasteiger partial charge in [0.05, 0.1) is 11.5 Å². The lowest BCUT2D eigenvalue weighted by Crippen LogP contribution is -2.53. The average Bonchev–Trinajstić information content (AvgIpc) is 3.15. The lowest BCUT2D eigenvalue weighted by Gasteiger charge is -2.29. The van der Waals surface area contributed by atoms with Gasteiger partial charge in [-0.2, -0.15) is 0 Å². The molecule has 7 nitrogen and oxygen atoms in total. The average molecular weight is 476 g/mol. The molecule has 0 aliphatic carbocycles. The number of nitrogens with one attached hydrogen (secondary N) is 3. The van der Waals surface area contributed by atoms with E-state index in [4.69, 9.17) is 0 Å². The van der Waals surface area contributed by atoms with Crippen LogP contribution in [0.4, 0.5) is 0 Å². The molecule has 0 bridgehead atoms. The van der Waals surface area contributed by atoms with Gasteiger partial charge in [-0.25, -0.2) is 0 Å². The fourth-order valence-corrected chi connectivity index (χ4v) is 5.15. The Balaban J connectivity index is 2.24. The van der Waals surface area contributed by atoms with Crippen molar-refractivity contribution < 1.29 is 19.2 Å². The summed E-state index contributed by atoms with van der Waals surface area (Å²) in [5, 5.41) is 8.74. The molecule has 0 saturated carbocycles. The predicted molar refractivity (Wildman–Crippen MR) is 134 cm³/mol. The third-order valence-corrected chi connectivity index (χ3v) is 7.19. The van der Waals surface area contributed by atoms with Crippen molar-refractivity contribution in [3.63, 3.8) is 0 Å². The minimum atomic E-state index is -0.772. The van der Waals surface area contributed by atoms with E-state index in [2.05, 4.69) is 29.0 Å². The van der Waals surface area contributed by atoms with Gasteiger partial charge in [-0.15, -0.1) is 0 Å². The van der Waals surface area contributed by atoms with Gasteiger partial charge in [0, 0.05) is 12.5 Å². The Kier molecular flexibility index (Phi) is 11.8. The van der Waals surface area contributed by atoms with Crippen molar-refractivity contribution in [3.05, 3.63) is 12.2 Å². The van der Waals surface area contributed by atoms with Crippen LogP contribution in [0.1, 0.15) is 97.8 Å². The molecule has 2 aliphatic heterocycles. The Labute approximate surface area is 205 Å². The van der Waals surface area contributed by atoms with Crippen molar-refractivity contribution >= 4 is 24.0 Å². The SMILES string of the molecule is CCCCCCC1CCCC=CCC2(CCNC2=O)C[C@@H](C=O)NC(=O)[C@H](CC(C)C)NC1=O. The molecule has 3 N–H and O–H groups in total. The maximum absolute atomic E-state index is 13.2. The molecule has 1 spiro atoms. The molecule has 0 radical (unpaired) electrons. The maximum atomic E-state index is 13.2. The second-order valence-corrected chi connectivity index (χ2v) is 10.6. The fraction of sp³-hybridized carbons (Fsp3) is 0.778. The van der Waals surface area contributed by atoms with Gasteiger partial charge in [0.15, 0.2) is 0 Å². The van der Waals surface area contributed by atoms with Crippen LogP contribution in [0.3, 0.4) is 0 Å². The van der Waals surface area contributed by atoms with Gasteiger partial charge >= 0.3 is 0 Å². The van der Waals surface area contributed by atoms with Crippen molar-refractivity contribution in [1.29, 1.82) is 0 Å². The molecule has 2 unspecified atom stereocenters. The van der Waals surface area contributed by atoms with E-state index in [1.165, 1.54) is 0 Å². The summed E-state index contributed by atoms with van der Waals surface area (Å²) in [4.78, 5) is 51.0. The number of hydrogen-bond acceptors (Lipinski definition) is 4. The zero-order chi connectivity index (χ0) is 25.0. The molecule has 34 heavy (non-hydrogen) atoms. The van der Waals surface area contributed by atoms with Crippen LogP contribution in [0.25, 0.3) is 0 Å². The third-order valence-electron chi connectivity index (χ3n) is 7.19. The number of carbonyl (C=O) groups excluding carboxylic acids is 4. The van der Waals surface area contributed by atoms with E-state index in [0.717, 1.165) is 57.7 Å². The summed E-state index contributed by atoms with van der Waals surface area (Å²) >= 11 is 0. The summed E-state index contributed by atoms with van der Waals surface area (Å²) in [6.07, 6.45) is 14.6. The summed E-state index contributed by atoms with van der Waals surface area (Å²) in [5.41, 5.74) is -0.686. The highest BCUT2D eigenvalue weighted by Gasteiger charge is 2.43. The Morgan fingerprint density at radius 1 is 1.09 bits per heavy atom. The lowest BCUT2D eigenvalue weighted by atomic mass is 9.77. The number of rotatable bonds is 8. The number of allylic oxidation sites excluding steroid dienone is 2. The molecule has 4 atom stereocenters. The van der Waals surface area contributed by atoms with Crippen LogP contribution < -0.4 is 16.0 Å². The van der Waals surface area contributed by atoms with Crippen molar-refractivity contribution in [3.8, 4) is 0 Å². The Bertz CT molecular complexity index is 721. The summed E-state index contributed by atoms with van der Waals surface area (Å²) in [7, 11) is 0. The molecule has 2 aliphatic rings. The zero-order valence-electron chi connectivity index (χ0n) is 21.4. The molecule has 7 heteroatoms. The van der Waals surface area contributed by atoms with E-state index in [1.54, 1.807) is 0 Å². The zero-order valence-corrected chi connectivity index (χ0v) is 21.4. The first-order valence-corrected chi connectivity index (χ1v) is 13.3. The number of carbonyl (C=O) groups is 4. The minimum Gasteiger partial charge on any atom is -0.356 e. The molecular weight excluding hydrogens is 430 g/mol. The maximum Gasteiger partial charge on any atom is 0.243 e. The van der Waals surface area contributed by atoms with E-state index < -0.39 is 17.5 Å². The third kappa shape index (κ3) is 8.55. The van der Waals surface area contributed by atoms with Gasteiger partial charge in [0.1, 0.15) is 12.3 Å². The molecule has 2 rings (SSSR count). The van der Waals surface area contributed by atoms with Crippen LogP contribution in [0.5, 0.6) is 0 Å². The monoisotopic (exact) mass is 475 g/mol. The van der Waals surface area contributed by atoms with E-state index in [0.29, 0.717) is 25.8 Å². The van der Waals surface area contributed by atoms with Gasteiger partial charge in [-0.05, 0) is 57.3 Å². The second-order valence-electron chi connectivity index (χ2n) is 10.6. The van der Waals surface area contributed by atoms with Crippen LogP contribution in [-0.4, -0.2) is 42.6 Å². The molecule has 1 saturated heterocycles. The summed E-state index contributed by atoms with van der Waals surface area (Å²) in [6, 6.07) is -1.46. The summed E-state index contributed by atoms with van der Waals surface area (Å²) < 4.78 is 0. The van der Waals surface area contributed by atoms with E-state index >= 15 is 0 Å². The van der Waals surface area contributed by atoms with Gasteiger partial charge in [0.25, 0.3) is 0 Å². The van der Waals surface area contributed by atoms with Crippen LogP contribution in [0, 0.1) is 17.3 Å². The van der Waals surface area contributed by atoms with Crippen molar-refractivity contribution in [2.24, 2.45) is 17.3 Å². The highest BCUT2D eigenvalue weighted by atomic mass is 16.2. The van der Waals surface area contributed by atoms with Gasteiger partial charge in [0.2, 0.25) is 17.7 Å². The molecule has 2 heterocycles. The first-order valence-electron chi connectivity index (χ1n) is 13.3. The predicted octanol–water partition coefficient (Wildman–Crippen LogP) is 3.81. The van der Waals surface area contributed by atoms with Crippen LogP contribution >= 0.6 is 0 Å². The van der Waals surface area contributed by atoms with E-state index in [-0.39, 0.29) is 36.0 Å². The lowest BCUT2D eigenvalue weighted by molar-refractivity contribution is -0.133. The number of aldehydes is 1. The van der Waals surface area contributed by atoms with Crippen LogP contribution in [-0.2, 0) is 19.2 Å². The molecule has 1 fully saturated rings. The van der Waals surface area contributed by atoms with Crippen molar-refractivity contribution in [1.82, 2.24) is 16.0 Å². The van der Waals surface area contributed by atoms with Crippen LogP contribution in [0.2, 0.25) is 0 Å². The quantitative estimate of drug-likeness (QED) is 0.282. The highest BCUT2D eigenvalue weighted by molar-refractivity contribution is 5.90. The molecule has 3 amide bonds. The molecular formula is C27H45N3O4. The largest absolute Gasteiger partial charge is 0.356 e.